The van der Waals surface area contributed by atoms with Crippen LogP contribution in [0.3, 0.4) is 0 Å². The number of hydrogen-bond donors (Lipinski definition) is 1. The summed E-state index contributed by atoms with van der Waals surface area (Å²) in [6, 6.07) is 3.59. The van der Waals surface area contributed by atoms with Crippen molar-refractivity contribution in [3.8, 4) is 11.8 Å². The van der Waals surface area contributed by atoms with Crippen LogP contribution in [0.25, 0.3) is 0 Å². The molecule has 0 aliphatic carbocycles. The molecule has 5 nitrogen and oxygen atoms in total. The Balaban J connectivity index is 2.27. The van der Waals surface area contributed by atoms with Crippen LogP contribution in [-0.4, -0.2) is 55.5 Å². The SMILES string of the molecule is O=C(c1ccc(F)cc1C#CCO)N1CCS(=O)(=O)CC1. The number of carbonyl (C=O) groups excluding carboxylic acids is 1. The molecule has 1 aliphatic heterocycles. The maximum Gasteiger partial charge on any atom is 0.255 e. The molecule has 0 aromatic heterocycles. The highest BCUT2D eigenvalue weighted by molar-refractivity contribution is 7.91. The van der Waals surface area contributed by atoms with Crippen molar-refractivity contribution >= 4 is 15.7 Å². The minimum absolute atomic E-state index is 0.0718. The van der Waals surface area contributed by atoms with Crippen molar-refractivity contribution in [3.63, 3.8) is 0 Å². The molecule has 1 fully saturated rings. The Labute approximate surface area is 122 Å². The molecule has 0 unspecified atom stereocenters. The Hall–Kier alpha value is -1.91. The van der Waals surface area contributed by atoms with Gasteiger partial charge < -0.3 is 10.0 Å². The Kier molecular flexibility index (Phi) is 4.60. The van der Waals surface area contributed by atoms with Gasteiger partial charge in [0.2, 0.25) is 0 Å². The standard InChI is InChI=1S/C14H14FNO4S/c15-12-3-4-13(11(10-12)2-1-7-17)14(18)16-5-8-21(19,20)9-6-16/h3-4,10,17H,5-9H2. The molecule has 0 saturated carbocycles. The zero-order valence-electron chi connectivity index (χ0n) is 11.2. The highest BCUT2D eigenvalue weighted by Gasteiger charge is 2.26. The lowest BCUT2D eigenvalue weighted by atomic mass is 10.1. The molecule has 1 aliphatic rings. The van der Waals surface area contributed by atoms with E-state index in [4.69, 9.17) is 5.11 Å². The molecular formula is C14H14FNO4S. The van der Waals surface area contributed by atoms with Gasteiger partial charge >= 0.3 is 0 Å². The van der Waals surface area contributed by atoms with Crippen molar-refractivity contribution in [2.45, 2.75) is 0 Å². The van der Waals surface area contributed by atoms with Crippen molar-refractivity contribution in [3.05, 3.63) is 35.1 Å². The van der Waals surface area contributed by atoms with E-state index in [1.54, 1.807) is 0 Å². The lowest BCUT2D eigenvalue weighted by molar-refractivity contribution is 0.0770. The Morgan fingerprint density at radius 3 is 2.62 bits per heavy atom. The average Bonchev–Trinajstić information content (AvgIpc) is 2.44. The summed E-state index contributed by atoms with van der Waals surface area (Å²) in [6.07, 6.45) is 0. The van der Waals surface area contributed by atoms with Crippen molar-refractivity contribution in [1.29, 1.82) is 0 Å². The van der Waals surface area contributed by atoms with Crippen LogP contribution in [0.2, 0.25) is 0 Å². The lowest BCUT2D eigenvalue weighted by Crippen LogP contribution is -2.43. The van der Waals surface area contributed by atoms with Crippen molar-refractivity contribution < 1.29 is 22.7 Å². The van der Waals surface area contributed by atoms with E-state index in [1.165, 1.54) is 11.0 Å². The fourth-order valence-corrected chi connectivity index (χ4v) is 3.23. The number of carbonyl (C=O) groups is 1. The number of aliphatic hydroxyl groups is 1. The van der Waals surface area contributed by atoms with Gasteiger partial charge in [0.15, 0.2) is 9.84 Å². The minimum Gasteiger partial charge on any atom is -0.384 e. The van der Waals surface area contributed by atoms with E-state index in [9.17, 15) is 17.6 Å². The monoisotopic (exact) mass is 311 g/mol. The van der Waals surface area contributed by atoms with Crippen LogP contribution in [0, 0.1) is 17.7 Å². The van der Waals surface area contributed by atoms with Crippen LogP contribution in [0.1, 0.15) is 15.9 Å². The number of halogens is 1. The van der Waals surface area contributed by atoms with Gasteiger partial charge in [-0.3, -0.25) is 4.79 Å². The average molecular weight is 311 g/mol. The zero-order valence-corrected chi connectivity index (χ0v) is 12.0. The number of hydrogen-bond acceptors (Lipinski definition) is 4. The van der Waals surface area contributed by atoms with Crippen LogP contribution >= 0.6 is 0 Å². The highest BCUT2D eigenvalue weighted by atomic mass is 32.2. The van der Waals surface area contributed by atoms with E-state index >= 15 is 0 Å². The molecule has 1 saturated heterocycles. The first-order chi connectivity index (χ1) is 9.93. The van der Waals surface area contributed by atoms with Crippen LogP contribution < -0.4 is 0 Å². The van der Waals surface area contributed by atoms with Gasteiger partial charge in [0, 0.05) is 18.7 Å². The molecule has 1 amide bonds. The predicted molar refractivity (Wildman–Crippen MR) is 74.9 cm³/mol. The summed E-state index contributed by atoms with van der Waals surface area (Å²) in [4.78, 5) is 13.8. The van der Waals surface area contributed by atoms with Crippen molar-refractivity contribution in [2.75, 3.05) is 31.2 Å². The normalized spacial score (nSPS) is 17.0. The first-order valence-corrected chi connectivity index (χ1v) is 8.14. The van der Waals surface area contributed by atoms with Crippen molar-refractivity contribution in [1.82, 2.24) is 4.90 Å². The molecule has 112 valence electrons. The van der Waals surface area contributed by atoms with Gasteiger partial charge in [-0.1, -0.05) is 11.8 Å². The van der Waals surface area contributed by atoms with Crippen LogP contribution in [0.4, 0.5) is 4.39 Å². The van der Waals surface area contributed by atoms with Crippen LogP contribution in [0.15, 0.2) is 18.2 Å². The molecule has 7 heteroatoms. The van der Waals surface area contributed by atoms with Gasteiger partial charge in [-0.15, -0.1) is 0 Å². The molecule has 1 aromatic rings. The second-order valence-electron chi connectivity index (χ2n) is 4.59. The minimum atomic E-state index is -3.08. The lowest BCUT2D eigenvalue weighted by Gasteiger charge is -2.27. The smallest absolute Gasteiger partial charge is 0.255 e. The Morgan fingerprint density at radius 2 is 2.00 bits per heavy atom. The van der Waals surface area contributed by atoms with E-state index in [-0.39, 0.29) is 41.6 Å². The first kappa shape index (κ1) is 15.5. The fourth-order valence-electron chi connectivity index (χ4n) is 2.03. The third-order valence-electron chi connectivity index (χ3n) is 3.15. The summed E-state index contributed by atoms with van der Waals surface area (Å²) >= 11 is 0. The molecule has 21 heavy (non-hydrogen) atoms. The third kappa shape index (κ3) is 3.80. The van der Waals surface area contributed by atoms with E-state index in [1.807, 2.05) is 0 Å². The molecule has 1 heterocycles. The topological polar surface area (TPSA) is 74.7 Å². The quantitative estimate of drug-likeness (QED) is 0.743. The largest absolute Gasteiger partial charge is 0.384 e. The molecular weight excluding hydrogens is 297 g/mol. The van der Waals surface area contributed by atoms with Crippen LogP contribution in [-0.2, 0) is 9.84 Å². The van der Waals surface area contributed by atoms with Gasteiger partial charge in [0.05, 0.1) is 17.1 Å². The Bertz CT molecular complexity index is 704. The van der Waals surface area contributed by atoms with Gasteiger partial charge in [-0.05, 0) is 18.2 Å². The van der Waals surface area contributed by atoms with E-state index < -0.39 is 22.3 Å². The number of rotatable bonds is 1. The summed E-state index contributed by atoms with van der Waals surface area (Å²) in [6.45, 7) is -0.164. The summed E-state index contributed by atoms with van der Waals surface area (Å²) in [5, 5.41) is 8.70. The highest BCUT2D eigenvalue weighted by Crippen LogP contribution is 2.15. The number of sulfone groups is 1. The van der Waals surface area contributed by atoms with Gasteiger partial charge in [-0.2, -0.15) is 0 Å². The predicted octanol–water partition coefficient (Wildman–Crippen LogP) is 0.0401. The second kappa shape index (κ2) is 6.24. The molecule has 0 spiro atoms. The molecule has 1 aromatic carbocycles. The zero-order chi connectivity index (χ0) is 15.5. The van der Waals surface area contributed by atoms with Crippen LogP contribution in [0.5, 0.6) is 0 Å². The number of nitrogens with zero attached hydrogens (tertiary/aromatic N) is 1. The number of amides is 1. The van der Waals surface area contributed by atoms with Gasteiger partial charge in [0.25, 0.3) is 5.91 Å². The molecule has 0 bridgehead atoms. The third-order valence-corrected chi connectivity index (χ3v) is 4.75. The number of benzene rings is 1. The van der Waals surface area contributed by atoms with Gasteiger partial charge in [-0.25, -0.2) is 12.8 Å². The number of aliphatic hydroxyl groups excluding tert-OH is 1. The molecule has 0 radical (unpaired) electrons. The van der Waals surface area contributed by atoms with Crippen molar-refractivity contribution in [2.24, 2.45) is 0 Å². The molecule has 2 rings (SSSR count). The summed E-state index contributed by atoms with van der Waals surface area (Å²) in [7, 11) is -3.08. The second-order valence-corrected chi connectivity index (χ2v) is 6.90. The summed E-state index contributed by atoms with van der Waals surface area (Å²) < 4.78 is 36.0. The maximum atomic E-state index is 13.2. The Morgan fingerprint density at radius 1 is 1.33 bits per heavy atom. The van der Waals surface area contributed by atoms with E-state index in [2.05, 4.69) is 11.8 Å². The molecule has 0 atom stereocenters. The summed E-state index contributed by atoms with van der Waals surface area (Å²) in [5.74, 6) is 3.85. The summed E-state index contributed by atoms with van der Waals surface area (Å²) in [5.41, 5.74) is 0.388. The molecule has 1 N–H and O–H groups in total. The van der Waals surface area contributed by atoms with E-state index in [0.717, 1.165) is 12.1 Å². The first-order valence-electron chi connectivity index (χ1n) is 6.32. The van der Waals surface area contributed by atoms with Gasteiger partial charge in [0.1, 0.15) is 12.4 Å². The maximum absolute atomic E-state index is 13.2. The fraction of sp³-hybridized carbons (Fsp3) is 0.357. The van der Waals surface area contributed by atoms with E-state index in [0.29, 0.717) is 0 Å².